The fraction of sp³-hybridized carbons (Fsp3) is 0.318. The van der Waals surface area contributed by atoms with Gasteiger partial charge in [0, 0.05) is 31.4 Å². The molecule has 0 aliphatic carbocycles. The van der Waals surface area contributed by atoms with E-state index in [0.29, 0.717) is 16.9 Å². The van der Waals surface area contributed by atoms with Crippen LogP contribution < -0.4 is 15.2 Å². The van der Waals surface area contributed by atoms with E-state index in [4.69, 9.17) is 16.3 Å². The molecule has 0 bridgehead atoms. The molecule has 4 rings (SSSR count). The summed E-state index contributed by atoms with van der Waals surface area (Å²) >= 11 is 5.77. The number of aromatic nitrogens is 3. The fourth-order valence-corrected chi connectivity index (χ4v) is 3.63. The highest BCUT2D eigenvalue weighted by molar-refractivity contribution is 6.29. The number of rotatable bonds is 6. The van der Waals surface area contributed by atoms with Crippen molar-refractivity contribution < 1.29 is 4.74 Å². The van der Waals surface area contributed by atoms with E-state index in [2.05, 4.69) is 33.9 Å². The average Bonchev–Trinajstić information content (AvgIpc) is 3.24. The van der Waals surface area contributed by atoms with Crippen LogP contribution >= 0.6 is 11.6 Å². The molecule has 0 spiro atoms. The van der Waals surface area contributed by atoms with Gasteiger partial charge in [-0.1, -0.05) is 11.6 Å². The number of hydrogen-bond donors (Lipinski definition) is 0. The van der Waals surface area contributed by atoms with Crippen LogP contribution in [0.4, 0.5) is 5.82 Å². The Morgan fingerprint density at radius 3 is 2.67 bits per heavy atom. The first-order valence-electron chi connectivity index (χ1n) is 9.83. The van der Waals surface area contributed by atoms with E-state index in [1.807, 2.05) is 18.2 Å². The maximum atomic E-state index is 12.6. The number of anilines is 1. The second-order valence-electron chi connectivity index (χ2n) is 7.58. The zero-order chi connectivity index (χ0) is 21.1. The van der Waals surface area contributed by atoms with Crippen molar-refractivity contribution in [1.82, 2.24) is 19.4 Å². The van der Waals surface area contributed by atoms with Crippen molar-refractivity contribution in [2.75, 3.05) is 32.1 Å². The number of ether oxygens (including phenoxy) is 1. The molecule has 0 radical (unpaired) electrons. The molecule has 1 aliphatic heterocycles. The van der Waals surface area contributed by atoms with Gasteiger partial charge in [-0.3, -0.25) is 9.36 Å². The highest BCUT2D eigenvalue weighted by Gasteiger charge is 2.24. The summed E-state index contributed by atoms with van der Waals surface area (Å²) in [5, 5.41) is 0.409. The quantitative estimate of drug-likeness (QED) is 0.566. The summed E-state index contributed by atoms with van der Waals surface area (Å²) in [4.78, 5) is 25.7. The predicted octanol–water partition coefficient (Wildman–Crippen LogP) is 3.00. The Bertz CT molecular complexity index is 1050. The molecule has 8 heteroatoms. The second kappa shape index (κ2) is 8.85. The molecule has 1 saturated heterocycles. The lowest BCUT2D eigenvalue weighted by Gasteiger charge is -2.21. The molecule has 0 N–H and O–H groups in total. The zero-order valence-corrected chi connectivity index (χ0v) is 17.8. The summed E-state index contributed by atoms with van der Waals surface area (Å²) in [6, 6.07) is 11.3. The maximum Gasteiger partial charge on any atom is 0.255 e. The van der Waals surface area contributed by atoms with Crippen LogP contribution in [-0.4, -0.2) is 52.7 Å². The van der Waals surface area contributed by atoms with Gasteiger partial charge < -0.3 is 14.5 Å². The van der Waals surface area contributed by atoms with E-state index in [1.54, 1.807) is 41.4 Å². The Morgan fingerprint density at radius 2 is 2.03 bits per heavy atom. The second-order valence-corrected chi connectivity index (χ2v) is 7.96. The molecule has 3 aromatic rings. The Balaban J connectivity index is 1.43. The molecule has 0 saturated carbocycles. The maximum absolute atomic E-state index is 12.6. The summed E-state index contributed by atoms with van der Waals surface area (Å²) in [6.45, 7) is 2.24. The van der Waals surface area contributed by atoms with Gasteiger partial charge in [0.05, 0.1) is 18.1 Å². The molecule has 156 valence electrons. The number of halogens is 1. The van der Waals surface area contributed by atoms with E-state index >= 15 is 0 Å². The van der Waals surface area contributed by atoms with Crippen LogP contribution in [0.25, 0.3) is 5.69 Å². The molecule has 0 amide bonds. The highest BCUT2D eigenvalue weighted by Crippen LogP contribution is 2.21. The van der Waals surface area contributed by atoms with Crippen LogP contribution in [0, 0.1) is 0 Å². The lowest BCUT2D eigenvalue weighted by molar-refractivity contribution is 0.304. The summed E-state index contributed by atoms with van der Waals surface area (Å²) in [5.41, 5.74) is 1.39. The normalized spacial score (nSPS) is 16.3. The molecular weight excluding hydrogens is 402 g/mol. The Kier molecular flexibility index (Phi) is 6.01. The smallest absolute Gasteiger partial charge is 0.255 e. The summed E-state index contributed by atoms with van der Waals surface area (Å²) in [7, 11) is 4.22. The van der Waals surface area contributed by atoms with Crippen LogP contribution in [0.1, 0.15) is 12.0 Å². The molecule has 1 fully saturated rings. The van der Waals surface area contributed by atoms with Crippen molar-refractivity contribution >= 4 is 17.4 Å². The van der Waals surface area contributed by atoms with Gasteiger partial charge in [-0.2, -0.15) is 0 Å². The van der Waals surface area contributed by atoms with E-state index in [-0.39, 0.29) is 12.2 Å². The van der Waals surface area contributed by atoms with Crippen LogP contribution in [-0.2, 0) is 6.61 Å². The van der Waals surface area contributed by atoms with Crippen molar-refractivity contribution in [1.29, 1.82) is 0 Å². The van der Waals surface area contributed by atoms with E-state index in [0.717, 1.165) is 36.6 Å². The molecule has 30 heavy (non-hydrogen) atoms. The number of likely N-dealkylation sites (N-methyl/N-ethyl adjacent to an activating group) is 1. The topological polar surface area (TPSA) is 63.5 Å². The van der Waals surface area contributed by atoms with Crippen LogP contribution in [0.2, 0.25) is 5.15 Å². The first-order valence-corrected chi connectivity index (χ1v) is 10.2. The zero-order valence-electron chi connectivity index (χ0n) is 17.0. The highest BCUT2D eigenvalue weighted by atomic mass is 35.5. The monoisotopic (exact) mass is 425 g/mol. The van der Waals surface area contributed by atoms with Crippen molar-refractivity contribution in [2.45, 2.75) is 19.1 Å². The first-order chi connectivity index (χ1) is 14.5. The van der Waals surface area contributed by atoms with E-state index in [1.165, 1.54) is 0 Å². The third kappa shape index (κ3) is 4.63. The largest absolute Gasteiger partial charge is 0.487 e. The number of pyridine rings is 3. The molecule has 3 aromatic heterocycles. The predicted molar refractivity (Wildman–Crippen MR) is 118 cm³/mol. The fourth-order valence-electron chi connectivity index (χ4n) is 3.52. The van der Waals surface area contributed by atoms with E-state index in [9.17, 15) is 4.79 Å². The van der Waals surface area contributed by atoms with Crippen molar-refractivity contribution in [3.8, 4) is 11.4 Å². The van der Waals surface area contributed by atoms with Gasteiger partial charge in [-0.15, -0.1) is 0 Å². The lowest BCUT2D eigenvalue weighted by Crippen LogP contribution is -2.31. The van der Waals surface area contributed by atoms with Crippen LogP contribution in [0.15, 0.2) is 59.8 Å². The summed E-state index contributed by atoms with van der Waals surface area (Å²) in [5.74, 6) is 1.54. The minimum Gasteiger partial charge on any atom is -0.487 e. The Hall–Kier alpha value is -2.90. The molecule has 1 unspecified atom stereocenters. The molecule has 1 atom stereocenters. The van der Waals surface area contributed by atoms with Gasteiger partial charge in [-0.05, 0) is 56.4 Å². The van der Waals surface area contributed by atoms with Crippen molar-refractivity contribution in [3.05, 3.63) is 76.1 Å². The van der Waals surface area contributed by atoms with Gasteiger partial charge in [0.25, 0.3) is 5.56 Å². The minimum absolute atomic E-state index is 0.131. The molecule has 0 aromatic carbocycles. The SMILES string of the molecule is CN(C)C1CCN(c2ccc(-n3ccc(COc4ccc(Cl)nc4)cc3=O)cn2)C1. The lowest BCUT2D eigenvalue weighted by atomic mass is 10.2. The molecule has 4 heterocycles. The minimum atomic E-state index is -0.131. The molecular formula is C22H24ClN5O2. The van der Waals surface area contributed by atoms with E-state index < -0.39 is 0 Å². The summed E-state index contributed by atoms with van der Waals surface area (Å²) in [6.07, 6.45) is 6.18. The Labute approximate surface area is 180 Å². The molecule has 7 nitrogen and oxygen atoms in total. The van der Waals surface area contributed by atoms with Gasteiger partial charge in [0.1, 0.15) is 23.3 Å². The standard InChI is InChI=1S/C22H24ClN5O2/c1-26(2)18-8-9-27(14-18)21-6-3-17(12-25-21)28-10-7-16(11-22(28)29)15-30-19-4-5-20(23)24-13-19/h3-7,10-13,18H,8-9,14-15H2,1-2H3. The van der Waals surface area contributed by atoms with Crippen molar-refractivity contribution in [3.63, 3.8) is 0 Å². The number of nitrogens with zero attached hydrogens (tertiary/aromatic N) is 5. The summed E-state index contributed by atoms with van der Waals surface area (Å²) < 4.78 is 7.24. The van der Waals surface area contributed by atoms with Crippen LogP contribution in [0.3, 0.4) is 0 Å². The van der Waals surface area contributed by atoms with Gasteiger partial charge in [0.2, 0.25) is 0 Å². The number of hydrogen-bond acceptors (Lipinski definition) is 6. The molecule has 1 aliphatic rings. The first kappa shape index (κ1) is 20.4. The average molecular weight is 426 g/mol. The van der Waals surface area contributed by atoms with Crippen LogP contribution in [0.5, 0.6) is 5.75 Å². The third-order valence-electron chi connectivity index (χ3n) is 5.32. The third-order valence-corrected chi connectivity index (χ3v) is 5.54. The van der Waals surface area contributed by atoms with Crippen molar-refractivity contribution in [2.24, 2.45) is 0 Å². The van der Waals surface area contributed by atoms with Gasteiger partial charge in [0.15, 0.2) is 0 Å². The Morgan fingerprint density at radius 1 is 1.17 bits per heavy atom. The van der Waals surface area contributed by atoms with Gasteiger partial charge >= 0.3 is 0 Å². The van der Waals surface area contributed by atoms with Gasteiger partial charge in [-0.25, -0.2) is 9.97 Å².